The van der Waals surface area contributed by atoms with Gasteiger partial charge in [-0.05, 0) is 30.7 Å². The summed E-state index contributed by atoms with van der Waals surface area (Å²) < 4.78 is 12.8. The van der Waals surface area contributed by atoms with Gasteiger partial charge in [0.15, 0.2) is 0 Å². The topological polar surface area (TPSA) is 15.8 Å². The first-order chi connectivity index (χ1) is 7.29. The highest BCUT2D eigenvalue weighted by molar-refractivity contribution is 5.80. The Morgan fingerprint density at radius 2 is 1.93 bits per heavy atom. The molecule has 82 valence electrons. The zero-order valence-electron chi connectivity index (χ0n) is 9.60. The Bertz CT molecular complexity index is 417. The summed E-state index contributed by atoms with van der Waals surface area (Å²) >= 11 is 0. The van der Waals surface area contributed by atoms with Crippen LogP contribution in [0.5, 0.6) is 0 Å². The van der Waals surface area contributed by atoms with Gasteiger partial charge in [0.05, 0.1) is 0 Å². The first kappa shape index (κ1) is 11.8. The molecule has 1 N–H and O–H groups in total. The molecule has 15 heavy (non-hydrogen) atoms. The van der Waals surface area contributed by atoms with E-state index in [1.165, 1.54) is 11.8 Å². The van der Waals surface area contributed by atoms with Crippen LogP contribution >= 0.6 is 0 Å². The SMILES string of the molecule is CC.CCCc1cc2cc(F)ccc2[nH]1. The third-order valence-corrected chi connectivity index (χ3v) is 2.16. The molecule has 2 aromatic rings. The molecule has 0 unspecified atom stereocenters. The first-order valence-electron chi connectivity index (χ1n) is 5.57. The second-order valence-corrected chi connectivity index (χ2v) is 3.28. The molecule has 0 saturated heterocycles. The van der Waals surface area contributed by atoms with Gasteiger partial charge < -0.3 is 4.98 Å². The molecule has 0 fully saturated rings. The maximum Gasteiger partial charge on any atom is 0.123 e. The Balaban J connectivity index is 0.000000531. The van der Waals surface area contributed by atoms with Crippen molar-refractivity contribution in [3.63, 3.8) is 0 Å². The van der Waals surface area contributed by atoms with Gasteiger partial charge in [-0.3, -0.25) is 0 Å². The lowest BCUT2D eigenvalue weighted by Crippen LogP contribution is -1.79. The second-order valence-electron chi connectivity index (χ2n) is 3.28. The van der Waals surface area contributed by atoms with Crippen LogP contribution in [0.25, 0.3) is 10.9 Å². The summed E-state index contributed by atoms with van der Waals surface area (Å²) in [4.78, 5) is 3.26. The van der Waals surface area contributed by atoms with Crippen LogP contribution < -0.4 is 0 Å². The van der Waals surface area contributed by atoms with Crippen LogP contribution in [0.1, 0.15) is 32.9 Å². The van der Waals surface area contributed by atoms with Crippen molar-refractivity contribution in [2.24, 2.45) is 0 Å². The summed E-state index contributed by atoms with van der Waals surface area (Å²) in [6.45, 7) is 6.13. The van der Waals surface area contributed by atoms with Gasteiger partial charge in [-0.1, -0.05) is 27.2 Å². The van der Waals surface area contributed by atoms with Crippen molar-refractivity contribution in [1.82, 2.24) is 4.98 Å². The van der Waals surface area contributed by atoms with Gasteiger partial charge in [0.2, 0.25) is 0 Å². The van der Waals surface area contributed by atoms with Crippen LogP contribution in [0, 0.1) is 5.82 Å². The molecule has 2 heteroatoms. The van der Waals surface area contributed by atoms with Crippen molar-refractivity contribution in [1.29, 1.82) is 0 Å². The molecule has 1 heterocycles. The highest BCUT2D eigenvalue weighted by atomic mass is 19.1. The zero-order valence-corrected chi connectivity index (χ0v) is 9.60. The average molecular weight is 207 g/mol. The number of fused-ring (bicyclic) bond motifs is 1. The molecule has 0 aliphatic carbocycles. The molecule has 1 nitrogen and oxygen atoms in total. The second kappa shape index (κ2) is 5.54. The molecule has 0 aliphatic heterocycles. The van der Waals surface area contributed by atoms with Gasteiger partial charge >= 0.3 is 0 Å². The molecular weight excluding hydrogens is 189 g/mol. The lowest BCUT2D eigenvalue weighted by molar-refractivity contribution is 0.630. The Hall–Kier alpha value is -1.31. The molecule has 2 rings (SSSR count). The quantitative estimate of drug-likeness (QED) is 0.756. The smallest absolute Gasteiger partial charge is 0.123 e. The van der Waals surface area contributed by atoms with Gasteiger partial charge in [-0.25, -0.2) is 4.39 Å². The van der Waals surface area contributed by atoms with Crippen molar-refractivity contribution in [2.75, 3.05) is 0 Å². The summed E-state index contributed by atoms with van der Waals surface area (Å²) in [5.41, 5.74) is 2.20. The van der Waals surface area contributed by atoms with Gasteiger partial charge in [0, 0.05) is 16.6 Å². The fraction of sp³-hybridized carbons (Fsp3) is 0.385. The van der Waals surface area contributed by atoms with E-state index in [9.17, 15) is 4.39 Å². The number of hydrogen-bond acceptors (Lipinski definition) is 0. The Morgan fingerprint density at radius 3 is 2.60 bits per heavy atom. The Kier molecular flexibility index (Phi) is 4.35. The molecule has 1 aromatic heterocycles. The molecule has 0 radical (unpaired) electrons. The van der Waals surface area contributed by atoms with Crippen LogP contribution in [0.4, 0.5) is 4.39 Å². The zero-order chi connectivity index (χ0) is 11.3. The normalized spacial score (nSPS) is 9.87. The standard InChI is InChI=1S/C11H12FN.C2H6/c1-2-3-10-7-8-6-9(12)4-5-11(8)13-10;1-2/h4-7,13H,2-3H2,1H3;1-2H3. The van der Waals surface area contributed by atoms with Gasteiger partial charge in [0.1, 0.15) is 5.82 Å². The maximum atomic E-state index is 12.8. The number of nitrogens with one attached hydrogen (secondary N) is 1. The lowest BCUT2D eigenvalue weighted by Gasteiger charge is -1.89. The van der Waals surface area contributed by atoms with Crippen molar-refractivity contribution >= 4 is 10.9 Å². The van der Waals surface area contributed by atoms with E-state index in [1.807, 2.05) is 19.9 Å². The number of aromatic amines is 1. The van der Waals surface area contributed by atoms with Crippen molar-refractivity contribution in [3.8, 4) is 0 Å². The summed E-state index contributed by atoms with van der Waals surface area (Å²) in [5, 5.41) is 0.962. The highest BCUT2D eigenvalue weighted by Crippen LogP contribution is 2.17. The van der Waals surface area contributed by atoms with E-state index in [4.69, 9.17) is 0 Å². The molecule has 0 amide bonds. The van der Waals surface area contributed by atoms with Crippen LogP contribution in [0.15, 0.2) is 24.3 Å². The number of rotatable bonds is 2. The van der Waals surface area contributed by atoms with E-state index >= 15 is 0 Å². The Morgan fingerprint density at radius 1 is 1.20 bits per heavy atom. The molecule has 0 atom stereocenters. The van der Waals surface area contributed by atoms with Gasteiger partial charge in [-0.2, -0.15) is 0 Å². The van der Waals surface area contributed by atoms with Gasteiger partial charge in [0.25, 0.3) is 0 Å². The van der Waals surface area contributed by atoms with E-state index in [0.717, 1.165) is 23.7 Å². The summed E-state index contributed by atoms with van der Waals surface area (Å²) in [6.07, 6.45) is 2.13. The molecule has 1 aromatic carbocycles. The fourth-order valence-corrected chi connectivity index (χ4v) is 1.57. The minimum atomic E-state index is -0.172. The van der Waals surface area contributed by atoms with Crippen LogP contribution in [0.3, 0.4) is 0 Å². The molecule has 0 aliphatic rings. The van der Waals surface area contributed by atoms with E-state index < -0.39 is 0 Å². The number of hydrogen-bond donors (Lipinski definition) is 1. The minimum absolute atomic E-state index is 0.172. The fourth-order valence-electron chi connectivity index (χ4n) is 1.57. The largest absolute Gasteiger partial charge is 0.358 e. The summed E-state index contributed by atoms with van der Waals surface area (Å²) in [6, 6.07) is 6.84. The van der Waals surface area contributed by atoms with Crippen molar-refractivity contribution < 1.29 is 4.39 Å². The Labute approximate surface area is 90.3 Å². The lowest BCUT2D eigenvalue weighted by atomic mass is 10.2. The van der Waals surface area contributed by atoms with E-state index in [1.54, 1.807) is 12.1 Å². The maximum absolute atomic E-state index is 12.8. The monoisotopic (exact) mass is 207 g/mol. The number of H-pyrrole nitrogens is 1. The third kappa shape index (κ3) is 2.82. The summed E-state index contributed by atoms with van der Waals surface area (Å²) in [5.74, 6) is -0.172. The van der Waals surface area contributed by atoms with Crippen molar-refractivity contribution in [2.45, 2.75) is 33.6 Å². The predicted octanol–water partition coefficient (Wildman–Crippen LogP) is 4.29. The average Bonchev–Trinajstić information content (AvgIpc) is 2.63. The molecule has 0 spiro atoms. The van der Waals surface area contributed by atoms with E-state index in [-0.39, 0.29) is 5.82 Å². The molecule has 0 saturated carbocycles. The van der Waals surface area contributed by atoms with Gasteiger partial charge in [-0.15, -0.1) is 0 Å². The number of benzene rings is 1. The van der Waals surface area contributed by atoms with Crippen LogP contribution in [-0.4, -0.2) is 4.98 Å². The summed E-state index contributed by atoms with van der Waals surface area (Å²) in [7, 11) is 0. The van der Waals surface area contributed by atoms with Crippen LogP contribution in [0.2, 0.25) is 0 Å². The molecular formula is C13H18FN. The molecule has 0 bridgehead atoms. The van der Waals surface area contributed by atoms with Crippen molar-refractivity contribution in [3.05, 3.63) is 35.8 Å². The number of halogens is 1. The number of aryl methyl sites for hydroxylation is 1. The predicted molar refractivity (Wildman–Crippen MR) is 63.6 cm³/mol. The number of aromatic nitrogens is 1. The highest BCUT2D eigenvalue weighted by Gasteiger charge is 2.00. The minimum Gasteiger partial charge on any atom is -0.358 e. The van der Waals surface area contributed by atoms with E-state index in [0.29, 0.717) is 0 Å². The first-order valence-corrected chi connectivity index (χ1v) is 5.57. The van der Waals surface area contributed by atoms with E-state index in [2.05, 4.69) is 11.9 Å². The van der Waals surface area contributed by atoms with Crippen LogP contribution in [-0.2, 0) is 6.42 Å². The third-order valence-electron chi connectivity index (χ3n) is 2.16.